The Bertz CT molecular complexity index is 1300. The van der Waals surface area contributed by atoms with Gasteiger partial charge < -0.3 is 4.74 Å². The van der Waals surface area contributed by atoms with Crippen molar-refractivity contribution in [2.75, 3.05) is 11.5 Å². The number of hydrogen-bond acceptors (Lipinski definition) is 6. The third kappa shape index (κ3) is 4.15. The molecular weight excluding hydrogens is 486 g/mol. The van der Waals surface area contributed by atoms with E-state index in [0.29, 0.717) is 10.7 Å². The van der Waals surface area contributed by atoms with Crippen LogP contribution in [0.4, 0.5) is 5.69 Å². The highest BCUT2D eigenvalue weighted by Gasteiger charge is 2.60. The molecule has 1 heterocycles. The first-order valence-electron chi connectivity index (χ1n) is 11.4. The molecule has 2 aromatic carbocycles. The third-order valence-electron chi connectivity index (χ3n) is 7.00. The van der Waals surface area contributed by atoms with Crippen LogP contribution in [0, 0.1) is 23.7 Å². The summed E-state index contributed by atoms with van der Waals surface area (Å²) >= 11 is 5.77. The highest BCUT2D eigenvalue weighted by atomic mass is 35.5. The Labute approximate surface area is 211 Å². The lowest BCUT2D eigenvalue weighted by atomic mass is 9.82. The molecule has 4 atom stereocenters. The van der Waals surface area contributed by atoms with E-state index in [1.165, 1.54) is 59.0 Å². The van der Waals surface area contributed by atoms with Crippen LogP contribution in [0.25, 0.3) is 0 Å². The Kier molecular flexibility index (Phi) is 6.09. The summed E-state index contributed by atoms with van der Waals surface area (Å²) < 4.78 is 4.99. The van der Waals surface area contributed by atoms with Crippen LogP contribution < -0.4 is 15.8 Å². The zero-order valence-electron chi connectivity index (χ0n) is 19.2. The van der Waals surface area contributed by atoms with Crippen LogP contribution in [0.5, 0.6) is 0 Å². The number of amides is 4. The van der Waals surface area contributed by atoms with Gasteiger partial charge in [0.2, 0.25) is 11.8 Å². The van der Waals surface area contributed by atoms with E-state index < -0.39 is 24.4 Å². The van der Waals surface area contributed by atoms with Gasteiger partial charge in [-0.15, -0.1) is 0 Å². The first-order valence-corrected chi connectivity index (χ1v) is 11.8. The highest BCUT2D eigenvalue weighted by Crippen LogP contribution is 2.55. The molecule has 36 heavy (non-hydrogen) atoms. The van der Waals surface area contributed by atoms with Crippen LogP contribution in [0.3, 0.4) is 0 Å². The molecule has 10 heteroatoms. The van der Waals surface area contributed by atoms with E-state index in [4.69, 9.17) is 16.3 Å². The molecule has 0 unspecified atom stereocenters. The second-order valence-corrected chi connectivity index (χ2v) is 9.55. The fourth-order valence-electron chi connectivity index (χ4n) is 5.33. The fraction of sp³-hybridized carbons (Fsp3) is 0.269. The van der Waals surface area contributed by atoms with Gasteiger partial charge in [-0.3, -0.25) is 34.9 Å². The quantitative estimate of drug-likeness (QED) is 0.278. The Morgan fingerprint density at radius 3 is 2.28 bits per heavy atom. The topological polar surface area (TPSA) is 122 Å². The molecule has 2 bridgehead atoms. The molecule has 0 aromatic heterocycles. The van der Waals surface area contributed by atoms with Crippen molar-refractivity contribution in [2.24, 2.45) is 23.7 Å². The average Bonchev–Trinajstić information content (AvgIpc) is 3.51. The Morgan fingerprint density at radius 2 is 1.58 bits per heavy atom. The average molecular weight is 508 g/mol. The van der Waals surface area contributed by atoms with Gasteiger partial charge in [-0.05, 0) is 73.7 Å². The molecule has 3 aliphatic rings. The molecule has 1 aliphatic heterocycles. The van der Waals surface area contributed by atoms with Crippen molar-refractivity contribution in [1.29, 1.82) is 0 Å². The standard InChI is InChI=1S/C26H22ClN3O6/c1-13-10-16-11-19(13)22-21(16)24(33)30(25(22)34)18-8-4-15(5-9-18)26(35)36-12-20(31)28-29-23(32)14-2-6-17(27)7-3-14/h2-10,16,19,21-22H,11-12H2,1H3,(H,28,31)(H,29,32)/t16-,19+,21-,22+/m0/s1. The number of ether oxygens (including phenoxy) is 1. The summed E-state index contributed by atoms with van der Waals surface area (Å²) in [6.07, 6.45) is 2.97. The van der Waals surface area contributed by atoms with Crippen molar-refractivity contribution in [1.82, 2.24) is 10.9 Å². The normalized spacial score (nSPS) is 23.8. The number of nitrogens with one attached hydrogen (secondary N) is 2. The van der Waals surface area contributed by atoms with Gasteiger partial charge in [-0.2, -0.15) is 0 Å². The van der Waals surface area contributed by atoms with Gasteiger partial charge >= 0.3 is 5.97 Å². The van der Waals surface area contributed by atoms with Crippen LogP contribution in [0.1, 0.15) is 34.1 Å². The monoisotopic (exact) mass is 507 g/mol. The summed E-state index contributed by atoms with van der Waals surface area (Å²) in [7, 11) is 0. The number of allylic oxidation sites excluding steroid dienone is 2. The van der Waals surface area contributed by atoms with Crippen LogP contribution >= 0.6 is 11.6 Å². The van der Waals surface area contributed by atoms with Crippen molar-refractivity contribution in [3.05, 3.63) is 76.3 Å². The maximum absolute atomic E-state index is 13.1. The van der Waals surface area contributed by atoms with E-state index >= 15 is 0 Å². The minimum Gasteiger partial charge on any atom is -0.452 e. The molecule has 184 valence electrons. The van der Waals surface area contributed by atoms with Gasteiger partial charge in [-0.25, -0.2) is 4.79 Å². The lowest BCUT2D eigenvalue weighted by Crippen LogP contribution is -2.43. The van der Waals surface area contributed by atoms with E-state index in [1.54, 1.807) is 0 Å². The second-order valence-electron chi connectivity index (χ2n) is 9.11. The molecule has 9 nitrogen and oxygen atoms in total. The second kappa shape index (κ2) is 9.23. The number of carbonyl (C=O) groups is 5. The first kappa shape index (κ1) is 23.7. The number of benzene rings is 2. The zero-order valence-corrected chi connectivity index (χ0v) is 20.0. The molecule has 0 radical (unpaired) electrons. The van der Waals surface area contributed by atoms with Crippen molar-refractivity contribution in [3.63, 3.8) is 0 Å². The molecule has 1 saturated carbocycles. The van der Waals surface area contributed by atoms with Crippen LogP contribution in [0.2, 0.25) is 5.02 Å². The fourth-order valence-corrected chi connectivity index (χ4v) is 5.45. The Balaban J connectivity index is 1.14. The van der Waals surface area contributed by atoms with Gasteiger partial charge in [0, 0.05) is 10.6 Å². The van der Waals surface area contributed by atoms with Gasteiger partial charge in [-0.1, -0.05) is 23.3 Å². The predicted octanol–water partition coefficient (Wildman–Crippen LogP) is 2.66. The smallest absolute Gasteiger partial charge is 0.338 e. The number of anilines is 1. The largest absolute Gasteiger partial charge is 0.452 e. The number of fused-ring (bicyclic) bond motifs is 5. The summed E-state index contributed by atoms with van der Waals surface area (Å²) in [5.41, 5.74) is 6.38. The molecule has 2 fully saturated rings. The first-order chi connectivity index (χ1) is 17.2. The van der Waals surface area contributed by atoms with E-state index in [-0.39, 0.29) is 46.6 Å². The molecule has 5 rings (SSSR count). The summed E-state index contributed by atoms with van der Waals surface area (Å²) in [6.45, 7) is 1.39. The van der Waals surface area contributed by atoms with Gasteiger partial charge in [0.25, 0.3) is 11.8 Å². The molecule has 0 spiro atoms. The third-order valence-corrected chi connectivity index (χ3v) is 7.25. The molecular formula is C26H22ClN3O6. The van der Waals surface area contributed by atoms with Crippen molar-refractivity contribution < 1.29 is 28.7 Å². The molecule has 2 aromatic rings. The minimum absolute atomic E-state index is 0.109. The number of nitrogens with zero attached hydrogens (tertiary/aromatic N) is 1. The number of imide groups is 1. The summed E-state index contributed by atoms with van der Waals surface area (Å²) in [5.74, 6) is -2.85. The van der Waals surface area contributed by atoms with Gasteiger partial charge in [0.1, 0.15) is 0 Å². The lowest BCUT2D eigenvalue weighted by Gasteiger charge is -2.19. The van der Waals surface area contributed by atoms with Gasteiger partial charge in [0.05, 0.1) is 23.1 Å². The Morgan fingerprint density at radius 1 is 0.944 bits per heavy atom. The minimum atomic E-state index is -0.769. The van der Waals surface area contributed by atoms with Crippen molar-refractivity contribution in [2.45, 2.75) is 13.3 Å². The number of carbonyl (C=O) groups excluding carboxylic acids is 5. The predicted molar refractivity (Wildman–Crippen MR) is 129 cm³/mol. The molecule has 2 aliphatic carbocycles. The van der Waals surface area contributed by atoms with Crippen molar-refractivity contribution in [3.8, 4) is 0 Å². The Hall–Kier alpha value is -3.98. The van der Waals surface area contributed by atoms with E-state index in [9.17, 15) is 24.0 Å². The SMILES string of the molecule is CC1=C[C@H]2C[C@H]1[C@H]1C(=O)N(c3ccc(C(=O)OCC(=O)NNC(=O)c4ccc(Cl)cc4)cc3)C(=O)[C@H]12. The number of halogens is 1. The van der Waals surface area contributed by atoms with Gasteiger partial charge in [0.15, 0.2) is 6.61 Å². The number of rotatable bonds is 5. The lowest BCUT2D eigenvalue weighted by molar-refractivity contribution is -0.125. The summed E-state index contributed by atoms with van der Waals surface area (Å²) in [6, 6.07) is 12.0. The molecule has 4 amide bonds. The highest BCUT2D eigenvalue weighted by molar-refractivity contribution is 6.30. The summed E-state index contributed by atoms with van der Waals surface area (Å²) in [5, 5.41) is 0.469. The number of esters is 1. The van der Waals surface area contributed by atoms with E-state index in [2.05, 4.69) is 16.9 Å². The van der Waals surface area contributed by atoms with Crippen LogP contribution in [0.15, 0.2) is 60.2 Å². The summed E-state index contributed by atoms with van der Waals surface area (Å²) in [4.78, 5) is 63.5. The van der Waals surface area contributed by atoms with Crippen molar-refractivity contribution >= 4 is 46.9 Å². The number of hydrazine groups is 1. The number of hydrogen-bond donors (Lipinski definition) is 2. The van der Waals surface area contributed by atoms with Crippen LogP contribution in [-0.4, -0.2) is 36.2 Å². The maximum Gasteiger partial charge on any atom is 0.338 e. The molecule has 1 saturated heterocycles. The maximum atomic E-state index is 13.1. The van der Waals surface area contributed by atoms with E-state index in [1.807, 2.05) is 6.92 Å². The van der Waals surface area contributed by atoms with Crippen LogP contribution in [-0.2, 0) is 19.1 Å². The molecule has 2 N–H and O–H groups in total. The van der Waals surface area contributed by atoms with E-state index in [0.717, 1.165) is 6.42 Å². The zero-order chi connectivity index (χ0) is 25.6.